The molecule has 0 aromatic rings. The molecule has 1 rings (SSSR count). The summed E-state index contributed by atoms with van der Waals surface area (Å²) in [6.07, 6.45) is 7.22. The van der Waals surface area contributed by atoms with Gasteiger partial charge in [0, 0.05) is 5.25 Å². The van der Waals surface area contributed by atoms with Crippen molar-refractivity contribution >= 4 is 30.4 Å². The number of rotatable bonds is 7. The van der Waals surface area contributed by atoms with Crippen LogP contribution in [0.25, 0.3) is 0 Å². The van der Waals surface area contributed by atoms with Gasteiger partial charge < -0.3 is 15.7 Å². The fourth-order valence-electron chi connectivity index (χ4n) is 3.69. The van der Waals surface area contributed by atoms with Crippen molar-refractivity contribution in [3.05, 3.63) is 0 Å². The van der Waals surface area contributed by atoms with Crippen LogP contribution in [0, 0.1) is 11.8 Å². The summed E-state index contributed by atoms with van der Waals surface area (Å²) in [6, 6.07) is -0.537. The van der Waals surface area contributed by atoms with Gasteiger partial charge in [-0.3, -0.25) is 14.9 Å². The number of quaternary nitrogens is 1. The first-order chi connectivity index (χ1) is 13.8. The highest BCUT2D eigenvalue weighted by Gasteiger charge is 2.32. The Morgan fingerprint density at radius 3 is 2.48 bits per heavy atom. The molecule has 1 aliphatic rings. The van der Waals surface area contributed by atoms with Crippen molar-refractivity contribution in [2.24, 2.45) is 11.8 Å². The van der Waals surface area contributed by atoms with Gasteiger partial charge in [-0.1, -0.05) is 20.3 Å². The fourth-order valence-corrected chi connectivity index (χ4v) is 4.10. The van der Waals surface area contributed by atoms with Gasteiger partial charge in [0.1, 0.15) is 6.04 Å². The molecule has 1 aliphatic heterocycles. The van der Waals surface area contributed by atoms with E-state index in [1.165, 1.54) is 12.8 Å². The number of carboxylic acids is 1. The molecule has 0 bridgehead atoms. The van der Waals surface area contributed by atoms with Gasteiger partial charge in [0.25, 0.3) is 0 Å². The van der Waals surface area contributed by atoms with Crippen molar-refractivity contribution in [2.75, 3.05) is 19.6 Å². The molecule has 0 radical (unpaired) electrons. The van der Waals surface area contributed by atoms with E-state index < -0.39 is 23.2 Å². The number of thiol groups is 1. The number of aliphatic carboxylic acids is 1. The van der Waals surface area contributed by atoms with Gasteiger partial charge in [-0.25, -0.2) is 4.79 Å². The van der Waals surface area contributed by atoms with E-state index in [1.54, 1.807) is 5.32 Å². The van der Waals surface area contributed by atoms with Gasteiger partial charge in [-0.2, -0.15) is 12.6 Å². The number of primary amides is 1. The maximum Gasteiger partial charge on any atom is 0.332 e. The van der Waals surface area contributed by atoms with Crippen LogP contribution in [0.4, 0.5) is 0 Å². The van der Waals surface area contributed by atoms with E-state index in [0.29, 0.717) is 12.8 Å². The lowest BCUT2D eigenvalue weighted by Crippen LogP contribution is -2.91. The Morgan fingerprint density at radius 2 is 1.83 bits per heavy atom. The summed E-state index contributed by atoms with van der Waals surface area (Å²) in [5.74, 6) is -1.56. The van der Waals surface area contributed by atoms with E-state index in [-0.39, 0.29) is 24.2 Å². The average Bonchev–Trinajstić information content (AvgIpc) is 2.64. The first-order valence-electron chi connectivity index (χ1n) is 11.1. The normalized spacial score (nSPS) is 22.5. The molecule has 1 fully saturated rings. The lowest BCUT2D eigenvalue weighted by atomic mass is 9.91. The summed E-state index contributed by atoms with van der Waals surface area (Å²) < 4.78 is 0. The molecule has 0 saturated carbocycles. The van der Waals surface area contributed by atoms with Gasteiger partial charge in [0.2, 0.25) is 5.91 Å². The van der Waals surface area contributed by atoms with E-state index in [1.807, 2.05) is 13.8 Å². The van der Waals surface area contributed by atoms with Gasteiger partial charge in [0.05, 0.1) is 18.9 Å². The number of carbonyl (C=O) groups excluding carboxylic acids is 2. The highest BCUT2D eigenvalue weighted by atomic mass is 32.1. The highest BCUT2D eigenvalue weighted by molar-refractivity contribution is 7.81. The monoisotopic (exact) mass is 430 g/mol. The van der Waals surface area contributed by atoms with Gasteiger partial charge in [0.15, 0.2) is 0 Å². The lowest BCUT2D eigenvalue weighted by Gasteiger charge is -2.25. The molecule has 2 amide bonds. The van der Waals surface area contributed by atoms with Crippen molar-refractivity contribution in [3.8, 4) is 0 Å². The van der Waals surface area contributed by atoms with E-state index in [0.717, 1.165) is 45.3 Å². The van der Waals surface area contributed by atoms with E-state index in [4.69, 9.17) is 5.11 Å². The second kappa shape index (κ2) is 14.8. The first kappa shape index (κ1) is 25.9. The Labute approximate surface area is 180 Å². The van der Waals surface area contributed by atoms with Crippen LogP contribution in [0.3, 0.4) is 0 Å². The minimum atomic E-state index is -0.971. The minimum Gasteiger partial charge on any atom is -0.481 e. The molecule has 0 aliphatic carbocycles. The predicted molar refractivity (Wildman–Crippen MR) is 117 cm³/mol. The second-order valence-electron chi connectivity index (χ2n) is 8.52. The topological polar surface area (TPSA) is 112 Å². The summed E-state index contributed by atoms with van der Waals surface area (Å²) in [4.78, 5) is 36.8. The Hall–Kier alpha value is -1.12. The van der Waals surface area contributed by atoms with Crippen LogP contribution in [0.2, 0.25) is 0 Å². The zero-order chi connectivity index (χ0) is 21.6. The zero-order valence-electron chi connectivity index (χ0n) is 18.0. The molecular formula is C21H40N3O4S+. The van der Waals surface area contributed by atoms with Crippen LogP contribution < -0.4 is 16.0 Å². The van der Waals surface area contributed by atoms with Crippen LogP contribution in [0.15, 0.2) is 0 Å². The molecule has 1 heterocycles. The second-order valence-corrected chi connectivity index (χ2v) is 9.18. The third-order valence-corrected chi connectivity index (χ3v) is 5.86. The Bertz CT molecular complexity index is 516. The van der Waals surface area contributed by atoms with Crippen LogP contribution in [0.1, 0.15) is 71.6 Å². The number of hydrogen-bond donors (Lipinski definition) is 5. The van der Waals surface area contributed by atoms with Crippen molar-refractivity contribution < 1.29 is 24.8 Å². The highest BCUT2D eigenvalue weighted by Crippen LogP contribution is 2.23. The van der Waals surface area contributed by atoms with Gasteiger partial charge >= 0.3 is 11.9 Å². The van der Waals surface area contributed by atoms with Crippen molar-refractivity contribution in [1.82, 2.24) is 10.6 Å². The maximum absolute atomic E-state index is 13.0. The summed E-state index contributed by atoms with van der Waals surface area (Å²) in [7, 11) is 0. The Morgan fingerprint density at radius 1 is 1.17 bits per heavy atom. The molecule has 0 spiro atoms. The van der Waals surface area contributed by atoms with Gasteiger partial charge in [-0.05, 0) is 64.0 Å². The van der Waals surface area contributed by atoms with E-state index in [9.17, 15) is 14.4 Å². The average molecular weight is 431 g/mol. The number of nitrogens with two attached hydrogens (primary N) is 1. The molecule has 8 heteroatoms. The quantitative estimate of drug-likeness (QED) is 0.391. The minimum absolute atomic E-state index is 0.0272. The molecule has 3 unspecified atom stereocenters. The zero-order valence-corrected chi connectivity index (χ0v) is 18.9. The largest absolute Gasteiger partial charge is 0.481 e. The maximum atomic E-state index is 13.0. The molecule has 168 valence electrons. The molecule has 0 aromatic heterocycles. The molecule has 7 nitrogen and oxygen atoms in total. The van der Waals surface area contributed by atoms with Crippen molar-refractivity contribution in [1.29, 1.82) is 0 Å². The number of carboxylic acid groups (broad SMARTS) is 1. The summed E-state index contributed by atoms with van der Waals surface area (Å²) in [5, 5.41) is 16.6. The number of carbonyl (C=O) groups is 3. The van der Waals surface area contributed by atoms with Crippen LogP contribution in [-0.4, -0.2) is 53.8 Å². The summed E-state index contributed by atoms with van der Waals surface area (Å²) in [6.45, 7) is 6.69. The number of amides is 2. The van der Waals surface area contributed by atoms with E-state index >= 15 is 0 Å². The fraction of sp³-hybridized carbons (Fsp3) is 0.857. The smallest absolute Gasteiger partial charge is 0.332 e. The molecule has 1 saturated heterocycles. The van der Waals surface area contributed by atoms with Crippen molar-refractivity contribution in [2.45, 2.75) is 82.9 Å². The number of hydrogen-bond acceptors (Lipinski definition) is 5. The third-order valence-electron chi connectivity index (χ3n) is 5.32. The third kappa shape index (κ3) is 11.6. The van der Waals surface area contributed by atoms with Crippen LogP contribution in [-0.2, 0) is 14.4 Å². The molecule has 29 heavy (non-hydrogen) atoms. The van der Waals surface area contributed by atoms with Crippen molar-refractivity contribution in [3.63, 3.8) is 0 Å². The number of nitrogens with one attached hydrogen (secondary N) is 2. The van der Waals surface area contributed by atoms with E-state index in [2.05, 4.69) is 23.3 Å². The Kier molecular flexibility index (Phi) is 13.2. The lowest BCUT2D eigenvalue weighted by molar-refractivity contribution is -0.570. The van der Waals surface area contributed by atoms with Crippen LogP contribution in [0.5, 0.6) is 0 Å². The first-order valence-corrected chi connectivity index (χ1v) is 11.6. The molecule has 5 N–H and O–H groups in total. The Balaban J connectivity index is 2.76. The molecule has 0 aromatic carbocycles. The predicted octanol–water partition coefficient (Wildman–Crippen LogP) is 1.33. The summed E-state index contributed by atoms with van der Waals surface area (Å²) in [5.41, 5.74) is 0. The summed E-state index contributed by atoms with van der Waals surface area (Å²) >= 11 is 4.39. The van der Waals surface area contributed by atoms with Gasteiger partial charge in [-0.15, -0.1) is 0 Å². The molecule has 3 atom stereocenters. The standard InChI is InChI=1S/C21H39N3O4S/c1-15(2)13-16(18(29)14-19(25)26)20(27)24-17-9-5-8-11-22-10-6-3-4-7-12-23-21(17)28/h15-18,22,29H,3-14H2,1-2H3,(H,23,28)(H,24,27)(H,25,26)/p+1. The van der Waals surface area contributed by atoms with Crippen LogP contribution >= 0.6 is 12.6 Å². The SMILES string of the molecule is CC(C)CC(C(=O)NC1CCCCNCCCCCC[NH2+]C1=O)C(S)CC(=O)O. The molecular weight excluding hydrogens is 390 g/mol.